The molecule has 0 aromatic heterocycles. The minimum Gasteiger partial charge on any atom is -0.258 e. The van der Waals surface area contributed by atoms with E-state index in [1.165, 1.54) is 12.1 Å². The van der Waals surface area contributed by atoms with Gasteiger partial charge in [-0.15, -0.1) is 23.2 Å². The van der Waals surface area contributed by atoms with E-state index in [9.17, 15) is 18.5 Å². The maximum Gasteiger partial charge on any atom is 0.269 e. The van der Waals surface area contributed by atoms with Crippen LogP contribution in [0.5, 0.6) is 0 Å². The molecule has 1 aromatic carbocycles. The predicted octanol–water partition coefficient (Wildman–Crippen LogP) is 2.06. The molecule has 0 saturated carbocycles. The standard InChI is InChI=1S/C10H12Cl2N2O4S/c11-5-7-13(8-6-12)19(17,18)10-3-1-9(2-4-10)14(15)16/h1-4H,5-8H2. The summed E-state index contributed by atoms with van der Waals surface area (Å²) in [6.07, 6.45) is 0. The molecule has 0 aliphatic carbocycles. The molecule has 9 heteroatoms. The zero-order valence-electron chi connectivity index (χ0n) is 9.83. The fourth-order valence-electron chi connectivity index (χ4n) is 1.43. The number of nitrogens with zero attached hydrogens (tertiary/aromatic N) is 2. The van der Waals surface area contributed by atoms with Crippen LogP contribution in [0.1, 0.15) is 0 Å². The highest BCUT2D eigenvalue weighted by molar-refractivity contribution is 7.89. The van der Waals surface area contributed by atoms with Crippen molar-refractivity contribution in [3.63, 3.8) is 0 Å². The first kappa shape index (κ1) is 16.2. The van der Waals surface area contributed by atoms with Gasteiger partial charge >= 0.3 is 0 Å². The van der Waals surface area contributed by atoms with E-state index in [0.717, 1.165) is 16.4 Å². The fourth-order valence-corrected chi connectivity index (χ4v) is 3.48. The Balaban J connectivity index is 3.07. The van der Waals surface area contributed by atoms with E-state index in [2.05, 4.69) is 0 Å². The quantitative estimate of drug-likeness (QED) is 0.436. The van der Waals surface area contributed by atoms with Gasteiger partial charge in [0.1, 0.15) is 0 Å². The minimum absolute atomic E-state index is 0.0201. The average Bonchev–Trinajstić information content (AvgIpc) is 2.38. The zero-order valence-corrected chi connectivity index (χ0v) is 12.2. The number of nitro benzene ring substituents is 1. The van der Waals surface area contributed by atoms with Crippen LogP contribution in [0.2, 0.25) is 0 Å². The molecule has 0 atom stereocenters. The van der Waals surface area contributed by atoms with Crippen LogP contribution in [-0.4, -0.2) is 42.5 Å². The normalized spacial score (nSPS) is 11.7. The lowest BCUT2D eigenvalue weighted by atomic mass is 10.3. The molecule has 0 amide bonds. The molecular formula is C10H12Cl2N2O4S. The summed E-state index contributed by atoms with van der Waals surface area (Å²) < 4.78 is 25.6. The SMILES string of the molecule is O=[N+]([O-])c1ccc(S(=O)(=O)N(CCCl)CCCl)cc1. The summed E-state index contributed by atoms with van der Waals surface area (Å²) in [7, 11) is -3.73. The maximum absolute atomic E-state index is 12.2. The van der Waals surface area contributed by atoms with Crippen molar-refractivity contribution in [1.82, 2.24) is 4.31 Å². The number of halogens is 2. The molecule has 1 aromatic rings. The number of alkyl halides is 2. The van der Waals surface area contributed by atoms with Crippen LogP contribution in [0.4, 0.5) is 5.69 Å². The number of hydrogen-bond donors (Lipinski definition) is 0. The summed E-state index contributed by atoms with van der Waals surface area (Å²) in [6.45, 7) is 0.265. The van der Waals surface area contributed by atoms with E-state index in [-0.39, 0.29) is 35.4 Å². The van der Waals surface area contributed by atoms with Gasteiger partial charge in [0.15, 0.2) is 0 Å². The third kappa shape index (κ3) is 4.04. The Hall–Kier alpha value is -0.890. The van der Waals surface area contributed by atoms with Gasteiger partial charge in [-0.1, -0.05) is 0 Å². The van der Waals surface area contributed by atoms with Crippen molar-refractivity contribution < 1.29 is 13.3 Å². The lowest BCUT2D eigenvalue weighted by Crippen LogP contribution is -2.34. The van der Waals surface area contributed by atoms with Gasteiger partial charge in [0.2, 0.25) is 10.0 Å². The van der Waals surface area contributed by atoms with Crippen LogP contribution in [0.15, 0.2) is 29.2 Å². The number of nitro groups is 1. The molecule has 0 spiro atoms. The van der Waals surface area contributed by atoms with Gasteiger partial charge in [0.25, 0.3) is 5.69 Å². The molecule has 6 nitrogen and oxygen atoms in total. The second-order valence-electron chi connectivity index (χ2n) is 3.53. The number of sulfonamides is 1. The van der Waals surface area contributed by atoms with Crippen molar-refractivity contribution >= 4 is 38.9 Å². The van der Waals surface area contributed by atoms with Crippen molar-refractivity contribution in [2.24, 2.45) is 0 Å². The first-order chi connectivity index (χ1) is 8.93. The number of rotatable bonds is 7. The largest absolute Gasteiger partial charge is 0.269 e. The smallest absolute Gasteiger partial charge is 0.258 e. The second kappa shape index (κ2) is 7.04. The fraction of sp³-hybridized carbons (Fsp3) is 0.400. The van der Waals surface area contributed by atoms with Crippen molar-refractivity contribution in [3.05, 3.63) is 34.4 Å². The topological polar surface area (TPSA) is 80.5 Å². The van der Waals surface area contributed by atoms with Crippen molar-refractivity contribution in [3.8, 4) is 0 Å². The first-order valence-electron chi connectivity index (χ1n) is 5.30. The molecule has 0 unspecified atom stereocenters. The number of benzene rings is 1. The molecule has 106 valence electrons. The first-order valence-corrected chi connectivity index (χ1v) is 7.81. The van der Waals surface area contributed by atoms with E-state index < -0.39 is 14.9 Å². The molecule has 0 aliphatic rings. The molecule has 0 radical (unpaired) electrons. The van der Waals surface area contributed by atoms with E-state index in [4.69, 9.17) is 23.2 Å². The molecule has 19 heavy (non-hydrogen) atoms. The van der Waals surface area contributed by atoms with E-state index in [1.807, 2.05) is 0 Å². The molecule has 0 heterocycles. The van der Waals surface area contributed by atoms with Gasteiger partial charge in [0.05, 0.1) is 9.82 Å². The third-order valence-electron chi connectivity index (χ3n) is 2.35. The van der Waals surface area contributed by atoms with Crippen LogP contribution >= 0.6 is 23.2 Å². The Morgan fingerprint density at radius 1 is 1.11 bits per heavy atom. The number of non-ortho nitro benzene ring substituents is 1. The molecule has 0 aliphatic heterocycles. The van der Waals surface area contributed by atoms with Crippen molar-refractivity contribution in [1.29, 1.82) is 0 Å². The second-order valence-corrected chi connectivity index (χ2v) is 6.23. The van der Waals surface area contributed by atoms with E-state index in [1.54, 1.807) is 0 Å². The highest BCUT2D eigenvalue weighted by Crippen LogP contribution is 2.19. The van der Waals surface area contributed by atoms with Gasteiger partial charge in [-0.25, -0.2) is 8.42 Å². The molecule has 0 saturated heterocycles. The molecule has 0 fully saturated rings. The van der Waals surface area contributed by atoms with Gasteiger partial charge in [-0.05, 0) is 12.1 Å². The summed E-state index contributed by atoms with van der Waals surface area (Å²) in [5.74, 6) is 0.284. The minimum atomic E-state index is -3.73. The van der Waals surface area contributed by atoms with Crippen LogP contribution < -0.4 is 0 Å². The molecular weight excluding hydrogens is 315 g/mol. The van der Waals surface area contributed by atoms with Crippen LogP contribution in [-0.2, 0) is 10.0 Å². The van der Waals surface area contributed by atoms with Gasteiger partial charge in [-0.2, -0.15) is 4.31 Å². The molecule has 0 bridgehead atoms. The van der Waals surface area contributed by atoms with E-state index in [0.29, 0.717) is 0 Å². The average molecular weight is 327 g/mol. The maximum atomic E-state index is 12.2. The summed E-state index contributed by atoms with van der Waals surface area (Å²) in [5, 5.41) is 10.5. The van der Waals surface area contributed by atoms with Crippen LogP contribution in [0.3, 0.4) is 0 Å². The Labute approximate surface area is 121 Å². The van der Waals surface area contributed by atoms with Crippen LogP contribution in [0, 0.1) is 10.1 Å². The Morgan fingerprint density at radius 2 is 1.58 bits per heavy atom. The Kier molecular flexibility index (Phi) is 5.99. The van der Waals surface area contributed by atoms with Gasteiger partial charge < -0.3 is 0 Å². The third-order valence-corrected chi connectivity index (χ3v) is 4.60. The van der Waals surface area contributed by atoms with Crippen molar-refractivity contribution in [2.45, 2.75) is 4.90 Å². The summed E-state index contributed by atoms with van der Waals surface area (Å²) in [4.78, 5) is 9.90. The van der Waals surface area contributed by atoms with E-state index >= 15 is 0 Å². The zero-order chi connectivity index (χ0) is 14.5. The Morgan fingerprint density at radius 3 is 1.95 bits per heavy atom. The summed E-state index contributed by atoms with van der Waals surface area (Å²) >= 11 is 11.1. The Bertz CT molecular complexity index is 527. The summed E-state index contributed by atoms with van der Waals surface area (Å²) in [5.41, 5.74) is -0.166. The number of hydrogen-bond acceptors (Lipinski definition) is 4. The predicted molar refractivity (Wildman–Crippen MR) is 73.3 cm³/mol. The highest BCUT2D eigenvalue weighted by atomic mass is 35.5. The highest BCUT2D eigenvalue weighted by Gasteiger charge is 2.24. The lowest BCUT2D eigenvalue weighted by Gasteiger charge is -2.19. The summed E-state index contributed by atoms with van der Waals surface area (Å²) in [6, 6.07) is 4.69. The molecule has 0 N–H and O–H groups in total. The lowest BCUT2D eigenvalue weighted by molar-refractivity contribution is -0.384. The monoisotopic (exact) mass is 326 g/mol. The van der Waals surface area contributed by atoms with Gasteiger partial charge in [-0.3, -0.25) is 10.1 Å². The van der Waals surface area contributed by atoms with Crippen LogP contribution in [0.25, 0.3) is 0 Å². The van der Waals surface area contributed by atoms with Crippen molar-refractivity contribution in [2.75, 3.05) is 24.8 Å². The van der Waals surface area contributed by atoms with Gasteiger partial charge in [0, 0.05) is 37.0 Å². The molecule has 1 rings (SSSR count).